The maximum absolute atomic E-state index is 13.0. The van der Waals surface area contributed by atoms with E-state index < -0.39 is 27.5 Å². The molecule has 0 spiro atoms. The van der Waals surface area contributed by atoms with Crippen LogP contribution in [0.3, 0.4) is 0 Å². The molecular weight excluding hydrogens is 291 g/mol. The zero-order chi connectivity index (χ0) is 15.0. The summed E-state index contributed by atoms with van der Waals surface area (Å²) in [6.45, 7) is 0.653. The molecule has 0 amide bonds. The van der Waals surface area contributed by atoms with E-state index in [1.165, 1.54) is 6.07 Å². The Balaban J connectivity index is 2.46. The van der Waals surface area contributed by atoms with Crippen molar-refractivity contribution in [2.75, 3.05) is 19.3 Å². The lowest BCUT2D eigenvalue weighted by Gasteiger charge is -2.16. The summed E-state index contributed by atoms with van der Waals surface area (Å²) in [6.07, 6.45) is -3.45. The molecule has 0 saturated carbocycles. The monoisotopic (exact) mass is 307 g/mol. The number of hydrogen-bond donors (Lipinski definition) is 1. The van der Waals surface area contributed by atoms with Gasteiger partial charge in [0.2, 0.25) is 0 Å². The average Bonchev–Trinajstić information content (AvgIpc) is 2.61. The Hall–Kier alpha value is -1.08. The Bertz CT molecular complexity index is 596. The van der Waals surface area contributed by atoms with Gasteiger partial charge in [-0.15, -0.1) is 0 Å². The van der Waals surface area contributed by atoms with Crippen molar-refractivity contribution >= 4 is 9.84 Å². The summed E-state index contributed by atoms with van der Waals surface area (Å²) in [5.41, 5.74) is -0.860. The van der Waals surface area contributed by atoms with Crippen molar-refractivity contribution in [1.82, 2.24) is 5.32 Å². The predicted molar refractivity (Wildman–Crippen MR) is 69.4 cm³/mol. The number of nitrogens with one attached hydrogen (secondary N) is 1. The van der Waals surface area contributed by atoms with Crippen LogP contribution in [0.4, 0.5) is 13.2 Å². The van der Waals surface area contributed by atoms with Gasteiger partial charge in [-0.3, -0.25) is 0 Å². The minimum atomic E-state index is -4.52. The van der Waals surface area contributed by atoms with Crippen molar-refractivity contribution in [1.29, 1.82) is 0 Å². The van der Waals surface area contributed by atoms with Gasteiger partial charge in [-0.1, -0.05) is 6.07 Å². The van der Waals surface area contributed by atoms with Gasteiger partial charge < -0.3 is 5.32 Å². The lowest BCUT2D eigenvalue weighted by atomic mass is 9.92. The van der Waals surface area contributed by atoms with Crippen LogP contribution < -0.4 is 5.32 Å². The molecule has 20 heavy (non-hydrogen) atoms. The van der Waals surface area contributed by atoms with E-state index in [1.807, 2.05) is 0 Å². The summed E-state index contributed by atoms with van der Waals surface area (Å²) in [4.78, 5) is -0.151. The van der Waals surface area contributed by atoms with Crippen molar-refractivity contribution in [3.8, 4) is 0 Å². The smallest absolute Gasteiger partial charge is 0.320 e. The molecule has 1 heterocycles. The van der Waals surface area contributed by atoms with Gasteiger partial charge in [-0.25, -0.2) is 8.42 Å². The van der Waals surface area contributed by atoms with Crippen LogP contribution in [-0.2, 0) is 16.0 Å². The summed E-state index contributed by atoms with van der Waals surface area (Å²) in [6, 6.07) is 3.40. The molecule has 2 rings (SSSR count). The van der Waals surface area contributed by atoms with Crippen molar-refractivity contribution < 1.29 is 21.6 Å². The SMILES string of the molecule is CNCCCC1CS(=O)(=O)c2cccc(C(F)(F)F)c21. The van der Waals surface area contributed by atoms with E-state index >= 15 is 0 Å². The predicted octanol–water partition coefficient (Wildman–Crippen LogP) is 2.58. The fourth-order valence-electron chi connectivity index (χ4n) is 2.67. The van der Waals surface area contributed by atoms with Gasteiger partial charge in [0.15, 0.2) is 9.84 Å². The fourth-order valence-corrected chi connectivity index (χ4v) is 4.61. The standard InChI is InChI=1S/C13H16F3NO2S/c1-17-7-3-4-9-8-20(18,19)11-6-2-5-10(12(9)11)13(14,15)16/h2,5-6,9,17H,3-4,7-8H2,1H3. The molecule has 112 valence electrons. The first-order chi connectivity index (χ1) is 9.27. The molecule has 0 saturated heterocycles. The normalized spacial score (nSPS) is 20.9. The lowest BCUT2D eigenvalue weighted by Crippen LogP contribution is -2.13. The highest BCUT2D eigenvalue weighted by Crippen LogP contribution is 2.44. The number of halogens is 3. The van der Waals surface area contributed by atoms with Gasteiger partial charge in [-0.05, 0) is 44.1 Å². The van der Waals surface area contributed by atoms with Gasteiger partial charge in [-0.2, -0.15) is 13.2 Å². The molecular formula is C13H16F3NO2S. The van der Waals surface area contributed by atoms with Crippen molar-refractivity contribution in [2.24, 2.45) is 0 Å². The Morgan fingerprint density at radius 2 is 2.05 bits per heavy atom. The third-order valence-electron chi connectivity index (χ3n) is 3.51. The maximum atomic E-state index is 13.0. The summed E-state index contributed by atoms with van der Waals surface area (Å²) in [7, 11) is -1.84. The van der Waals surface area contributed by atoms with Gasteiger partial charge in [0, 0.05) is 5.92 Å². The van der Waals surface area contributed by atoms with Crippen molar-refractivity contribution in [3.63, 3.8) is 0 Å². The summed E-state index contributed by atoms with van der Waals surface area (Å²) < 4.78 is 63.1. The van der Waals surface area contributed by atoms with Crippen molar-refractivity contribution in [2.45, 2.75) is 29.8 Å². The highest BCUT2D eigenvalue weighted by Gasteiger charge is 2.43. The third kappa shape index (κ3) is 2.83. The Kier molecular flexibility index (Phi) is 4.11. The molecule has 1 aliphatic rings. The molecule has 1 atom stereocenters. The number of benzene rings is 1. The third-order valence-corrected chi connectivity index (χ3v) is 5.38. The van der Waals surface area contributed by atoms with Crippen LogP contribution in [0.1, 0.15) is 29.9 Å². The van der Waals surface area contributed by atoms with Crippen LogP contribution in [0.15, 0.2) is 23.1 Å². The van der Waals surface area contributed by atoms with E-state index in [0.717, 1.165) is 12.1 Å². The molecule has 0 aromatic heterocycles. The number of fused-ring (bicyclic) bond motifs is 1. The molecule has 0 fully saturated rings. The Morgan fingerprint density at radius 3 is 2.65 bits per heavy atom. The minimum absolute atomic E-state index is 0.0453. The van der Waals surface area contributed by atoms with E-state index in [-0.39, 0.29) is 16.2 Å². The first kappa shape index (κ1) is 15.3. The Morgan fingerprint density at radius 1 is 1.35 bits per heavy atom. The molecule has 1 aromatic carbocycles. The van der Waals surface area contributed by atoms with E-state index in [4.69, 9.17) is 0 Å². The van der Waals surface area contributed by atoms with Crippen LogP contribution >= 0.6 is 0 Å². The van der Waals surface area contributed by atoms with Crippen molar-refractivity contribution in [3.05, 3.63) is 29.3 Å². The van der Waals surface area contributed by atoms with Gasteiger partial charge in [0.05, 0.1) is 16.2 Å². The van der Waals surface area contributed by atoms with E-state index in [0.29, 0.717) is 19.4 Å². The molecule has 7 heteroatoms. The number of alkyl halides is 3. The van der Waals surface area contributed by atoms with Crippen LogP contribution in [0.2, 0.25) is 0 Å². The van der Waals surface area contributed by atoms with Crippen LogP contribution in [0.25, 0.3) is 0 Å². The number of sulfone groups is 1. The quantitative estimate of drug-likeness (QED) is 0.870. The van der Waals surface area contributed by atoms with E-state index in [2.05, 4.69) is 5.32 Å². The topological polar surface area (TPSA) is 46.2 Å². The van der Waals surface area contributed by atoms with Gasteiger partial charge in [0.25, 0.3) is 0 Å². The van der Waals surface area contributed by atoms with Crippen LogP contribution in [0, 0.1) is 0 Å². The average molecular weight is 307 g/mol. The molecule has 1 unspecified atom stereocenters. The molecule has 1 aromatic rings. The van der Waals surface area contributed by atoms with E-state index in [9.17, 15) is 21.6 Å². The zero-order valence-corrected chi connectivity index (χ0v) is 11.8. The summed E-state index contributed by atoms with van der Waals surface area (Å²) in [5.74, 6) is -0.791. The zero-order valence-electron chi connectivity index (χ0n) is 11.0. The highest BCUT2D eigenvalue weighted by molar-refractivity contribution is 7.91. The summed E-state index contributed by atoms with van der Waals surface area (Å²) in [5, 5.41) is 2.91. The van der Waals surface area contributed by atoms with E-state index in [1.54, 1.807) is 7.05 Å². The Labute approximate surface area is 116 Å². The van der Waals surface area contributed by atoms with Gasteiger partial charge >= 0.3 is 6.18 Å². The molecule has 0 aliphatic carbocycles. The van der Waals surface area contributed by atoms with Crippen LogP contribution in [-0.4, -0.2) is 27.8 Å². The molecule has 0 bridgehead atoms. The first-order valence-electron chi connectivity index (χ1n) is 6.35. The molecule has 1 N–H and O–H groups in total. The first-order valence-corrected chi connectivity index (χ1v) is 8.00. The number of rotatable bonds is 4. The molecule has 0 radical (unpaired) electrons. The molecule has 3 nitrogen and oxygen atoms in total. The minimum Gasteiger partial charge on any atom is -0.320 e. The van der Waals surface area contributed by atoms with Crippen LogP contribution in [0.5, 0.6) is 0 Å². The maximum Gasteiger partial charge on any atom is 0.416 e. The second-order valence-electron chi connectivity index (χ2n) is 4.94. The molecule has 1 aliphatic heterocycles. The highest BCUT2D eigenvalue weighted by atomic mass is 32.2. The van der Waals surface area contributed by atoms with Gasteiger partial charge in [0.1, 0.15) is 0 Å². The fraction of sp³-hybridized carbons (Fsp3) is 0.538. The second kappa shape index (κ2) is 5.37. The summed E-state index contributed by atoms with van der Waals surface area (Å²) >= 11 is 0. The lowest BCUT2D eigenvalue weighted by molar-refractivity contribution is -0.138. The number of hydrogen-bond acceptors (Lipinski definition) is 3. The second-order valence-corrected chi connectivity index (χ2v) is 6.94. The largest absolute Gasteiger partial charge is 0.416 e.